The lowest BCUT2D eigenvalue weighted by Gasteiger charge is -2.10. The average Bonchev–Trinajstić information content (AvgIpc) is 2.60. The number of anilines is 1. The molecular formula is C19H19NO5. The van der Waals surface area contributed by atoms with Crippen LogP contribution in [0.3, 0.4) is 0 Å². The summed E-state index contributed by atoms with van der Waals surface area (Å²) in [7, 11) is 0. The third-order valence-corrected chi connectivity index (χ3v) is 3.56. The van der Waals surface area contributed by atoms with Crippen LogP contribution in [0.15, 0.2) is 54.6 Å². The molecule has 130 valence electrons. The molecule has 1 atom stereocenters. The van der Waals surface area contributed by atoms with Gasteiger partial charge in [0.1, 0.15) is 6.61 Å². The number of benzene rings is 2. The van der Waals surface area contributed by atoms with E-state index in [1.807, 2.05) is 30.3 Å². The second-order valence-electron chi connectivity index (χ2n) is 5.63. The molecule has 2 rings (SSSR count). The Hall–Kier alpha value is -3.15. The molecule has 2 aromatic carbocycles. The van der Waals surface area contributed by atoms with Gasteiger partial charge in [0.25, 0.3) is 0 Å². The molecular weight excluding hydrogens is 322 g/mol. The number of carboxylic acids is 1. The van der Waals surface area contributed by atoms with E-state index in [0.717, 1.165) is 5.56 Å². The number of ketones is 1. The molecule has 0 unspecified atom stereocenters. The molecule has 2 N–H and O–H groups in total. The van der Waals surface area contributed by atoms with E-state index in [1.165, 1.54) is 0 Å². The Kier molecular flexibility index (Phi) is 6.28. The maximum atomic E-state index is 12.1. The zero-order valence-electron chi connectivity index (χ0n) is 13.8. The fraction of sp³-hybridized carbons (Fsp3) is 0.211. The van der Waals surface area contributed by atoms with E-state index in [-0.39, 0.29) is 18.8 Å². The van der Waals surface area contributed by atoms with Crippen LogP contribution in [0.5, 0.6) is 0 Å². The molecule has 0 radical (unpaired) electrons. The summed E-state index contributed by atoms with van der Waals surface area (Å²) < 4.78 is 5.11. The van der Waals surface area contributed by atoms with Crippen molar-refractivity contribution in [1.29, 1.82) is 0 Å². The molecule has 0 aliphatic carbocycles. The van der Waals surface area contributed by atoms with Crippen LogP contribution < -0.4 is 5.32 Å². The number of hydrogen-bond donors (Lipinski definition) is 2. The first kappa shape index (κ1) is 18.2. The maximum Gasteiger partial charge on any atom is 0.411 e. The molecule has 0 aromatic heterocycles. The summed E-state index contributed by atoms with van der Waals surface area (Å²) in [5.74, 6) is -1.87. The second kappa shape index (κ2) is 8.63. The highest BCUT2D eigenvalue weighted by atomic mass is 16.5. The average molecular weight is 341 g/mol. The predicted molar refractivity (Wildman–Crippen MR) is 92.4 cm³/mol. The highest BCUT2D eigenvalue weighted by molar-refractivity contribution is 5.99. The summed E-state index contributed by atoms with van der Waals surface area (Å²) in [5, 5.41) is 11.3. The molecule has 0 saturated carbocycles. The van der Waals surface area contributed by atoms with Crippen LogP contribution in [-0.4, -0.2) is 23.0 Å². The predicted octanol–water partition coefficient (Wildman–Crippen LogP) is 3.73. The molecule has 0 saturated heterocycles. The molecule has 0 heterocycles. The van der Waals surface area contributed by atoms with Crippen molar-refractivity contribution in [3.8, 4) is 0 Å². The van der Waals surface area contributed by atoms with Gasteiger partial charge in [-0.15, -0.1) is 0 Å². The van der Waals surface area contributed by atoms with E-state index >= 15 is 0 Å². The first-order chi connectivity index (χ1) is 12.0. The van der Waals surface area contributed by atoms with Gasteiger partial charge < -0.3 is 9.84 Å². The van der Waals surface area contributed by atoms with Crippen molar-refractivity contribution >= 4 is 23.5 Å². The summed E-state index contributed by atoms with van der Waals surface area (Å²) in [6, 6.07) is 15.5. The minimum Gasteiger partial charge on any atom is -0.481 e. The zero-order chi connectivity index (χ0) is 18.2. The van der Waals surface area contributed by atoms with Gasteiger partial charge in [-0.25, -0.2) is 4.79 Å². The summed E-state index contributed by atoms with van der Waals surface area (Å²) in [5.41, 5.74) is 1.77. The fourth-order valence-corrected chi connectivity index (χ4v) is 2.23. The van der Waals surface area contributed by atoms with E-state index in [0.29, 0.717) is 11.3 Å². The minimum absolute atomic E-state index is 0.163. The van der Waals surface area contributed by atoms with E-state index in [1.54, 1.807) is 31.2 Å². The standard InChI is InChI=1S/C19H19NO5/c1-13(11-17(21)22)18(23)15-7-9-16(10-8-15)20-19(24)25-12-14-5-3-2-4-6-14/h2-10,13H,11-12H2,1H3,(H,20,24)(H,21,22)/t13-/m1/s1. The second-order valence-corrected chi connectivity index (χ2v) is 5.63. The van der Waals surface area contributed by atoms with Gasteiger partial charge in [-0.3, -0.25) is 14.9 Å². The third-order valence-electron chi connectivity index (χ3n) is 3.56. The first-order valence-corrected chi connectivity index (χ1v) is 7.79. The van der Waals surface area contributed by atoms with E-state index in [4.69, 9.17) is 9.84 Å². The Morgan fingerprint density at radius 1 is 1.04 bits per heavy atom. The van der Waals surface area contributed by atoms with Crippen molar-refractivity contribution in [3.63, 3.8) is 0 Å². The molecule has 1 amide bonds. The zero-order valence-corrected chi connectivity index (χ0v) is 13.8. The molecule has 0 aliphatic heterocycles. The van der Waals surface area contributed by atoms with Crippen LogP contribution >= 0.6 is 0 Å². The summed E-state index contributed by atoms with van der Waals surface area (Å²) >= 11 is 0. The van der Waals surface area contributed by atoms with Crippen molar-refractivity contribution in [2.45, 2.75) is 20.0 Å². The molecule has 6 heteroatoms. The van der Waals surface area contributed by atoms with Gasteiger partial charge in [-0.1, -0.05) is 37.3 Å². The summed E-state index contributed by atoms with van der Waals surface area (Å²) in [4.78, 5) is 34.5. The van der Waals surface area contributed by atoms with Crippen LogP contribution in [0, 0.1) is 5.92 Å². The molecule has 0 aliphatic rings. The Morgan fingerprint density at radius 2 is 1.68 bits per heavy atom. The van der Waals surface area contributed by atoms with Crippen molar-refractivity contribution in [2.75, 3.05) is 5.32 Å². The molecule has 2 aromatic rings. The number of ether oxygens (including phenoxy) is 1. The van der Waals surface area contributed by atoms with Gasteiger partial charge in [0.2, 0.25) is 0 Å². The Morgan fingerprint density at radius 3 is 2.28 bits per heavy atom. The number of carbonyl (C=O) groups is 3. The molecule has 0 bridgehead atoms. The van der Waals surface area contributed by atoms with E-state index < -0.39 is 18.0 Å². The van der Waals surface area contributed by atoms with Crippen molar-refractivity contribution in [3.05, 3.63) is 65.7 Å². The normalized spacial score (nSPS) is 11.4. The molecule has 0 spiro atoms. The number of hydrogen-bond acceptors (Lipinski definition) is 4. The van der Waals surface area contributed by atoms with Crippen molar-refractivity contribution in [2.24, 2.45) is 5.92 Å². The van der Waals surface area contributed by atoms with Crippen molar-refractivity contribution < 1.29 is 24.2 Å². The number of carbonyl (C=O) groups excluding carboxylic acids is 2. The van der Waals surface area contributed by atoms with Crippen LogP contribution in [-0.2, 0) is 16.1 Å². The summed E-state index contributed by atoms with van der Waals surface area (Å²) in [6.07, 6.45) is -0.813. The minimum atomic E-state index is -1.01. The van der Waals surface area contributed by atoms with E-state index in [9.17, 15) is 14.4 Å². The quantitative estimate of drug-likeness (QED) is 0.749. The van der Waals surface area contributed by atoms with Gasteiger partial charge in [-0.05, 0) is 29.8 Å². The highest BCUT2D eigenvalue weighted by Crippen LogP contribution is 2.16. The van der Waals surface area contributed by atoms with Gasteiger partial charge in [0.15, 0.2) is 5.78 Å². The van der Waals surface area contributed by atoms with Crippen LogP contribution in [0.4, 0.5) is 10.5 Å². The highest BCUT2D eigenvalue weighted by Gasteiger charge is 2.18. The van der Waals surface area contributed by atoms with Crippen LogP contribution in [0.1, 0.15) is 29.3 Å². The third kappa shape index (κ3) is 5.76. The Labute approximate surface area is 145 Å². The number of aliphatic carboxylic acids is 1. The van der Waals surface area contributed by atoms with Crippen LogP contribution in [0.25, 0.3) is 0 Å². The number of nitrogens with one attached hydrogen (secondary N) is 1. The fourth-order valence-electron chi connectivity index (χ4n) is 2.23. The molecule has 0 fully saturated rings. The van der Waals surface area contributed by atoms with Crippen LogP contribution in [0.2, 0.25) is 0 Å². The number of Topliss-reactive ketones (excluding diaryl/α,β-unsaturated/α-hetero) is 1. The number of amides is 1. The van der Waals surface area contributed by atoms with Gasteiger partial charge in [0, 0.05) is 17.2 Å². The maximum absolute atomic E-state index is 12.1. The topological polar surface area (TPSA) is 92.7 Å². The van der Waals surface area contributed by atoms with Gasteiger partial charge >= 0.3 is 12.1 Å². The Balaban J connectivity index is 1.88. The van der Waals surface area contributed by atoms with E-state index in [2.05, 4.69) is 5.32 Å². The lowest BCUT2D eigenvalue weighted by Crippen LogP contribution is -2.16. The van der Waals surface area contributed by atoms with Gasteiger partial charge in [-0.2, -0.15) is 0 Å². The summed E-state index contributed by atoms with van der Waals surface area (Å²) in [6.45, 7) is 1.74. The lowest BCUT2D eigenvalue weighted by molar-refractivity contribution is -0.137. The molecule has 25 heavy (non-hydrogen) atoms. The smallest absolute Gasteiger partial charge is 0.411 e. The number of rotatable bonds is 7. The molecule has 6 nitrogen and oxygen atoms in total. The lowest BCUT2D eigenvalue weighted by atomic mass is 9.96. The number of carboxylic acid groups (broad SMARTS) is 1. The first-order valence-electron chi connectivity index (χ1n) is 7.79. The Bertz CT molecular complexity index is 740. The van der Waals surface area contributed by atoms with Gasteiger partial charge in [0.05, 0.1) is 6.42 Å². The largest absolute Gasteiger partial charge is 0.481 e. The SMILES string of the molecule is C[C@H](CC(=O)O)C(=O)c1ccc(NC(=O)OCc2ccccc2)cc1. The monoisotopic (exact) mass is 341 g/mol. The van der Waals surface area contributed by atoms with Crippen molar-refractivity contribution in [1.82, 2.24) is 0 Å².